The molecule has 3 rings (SSSR count). The van der Waals surface area contributed by atoms with Crippen molar-refractivity contribution in [2.75, 3.05) is 19.6 Å². The summed E-state index contributed by atoms with van der Waals surface area (Å²) >= 11 is 1.72. The maximum Gasteiger partial charge on any atom is 0.251 e. The topological polar surface area (TPSA) is 32.3 Å². The standard InChI is InChI=1S/C18H21FN2OS/c1-13-6-7-14(11-15(13)19)18(22)20-12-16(17-5-4-10-23-17)21-8-2-3-9-21/h4-7,10-11,16H,2-3,8-9,12H2,1H3,(H,20,22). The van der Waals surface area contributed by atoms with Crippen molar-refractivity contribution in [3.8, 4) is 0 Å². The van der Waals surface area contributed by atoms with Crippen LogP contribution in [0, 0.1) is 12.7 Å². The maximum absolute atomic E-state index is 13.6. The van der Waals surface area contributed by atoms with Crippen molar-refractivity contribution in [2.24, 2.45) is 0 Å². The highest BCUT2D eigenvalue weighted by molar-refractivity contribution is 7.10. The number of likely N-dealkylation sites (tertiary alicyclic amines) is 1. The van der Waals surface area contributed by atoms with Crippen molar-refractivity contribution in [3.63, 3.8) is 0 Å². The van der Waals surface area contributed by atoms with Gasteiger partial charge in [0.2, 0.25) is 0 Å². The molecule has 0 radical (unpaired) electrons. The second-order valence-electron chi connectivity index (χ2n) is 5.95. The minimum Gasteiger partial charge on any atom is -0.350 e. The van der Waals surface area contributed by atoms with E-state index in [2.05, 4.69) is 21.7 Å². The number of nitrogens with zero attached hydrogens (tertiary/aromatic N) is 1. The minimum absolute atomic E-state index is 0.205. The lowest BCUT2D eigenvalue weighted by Crippen LogP contribution is -2.36. The molecule has 2 aromatic rings. The number of nitrogens with one attached hydrogen (secondary N) is 1. The monoisotopic (exact) mass is 332 g/mol. The van der Waals surface area contributed by atoms with E-state index in [1.54, 1.807) is 30.4 Å². The van der Waals surface area contributed by atoms with Gasteiger partial charge in [-0.1, -0.05) is 12.1 Å². The molecular formula is C18H21FN2OS. The molecule has 0 spiro atoms. The molecule has 3 nitrogen and oxygen atoms in total. The first-order chi connectivity index (χ1) is 11.1. The molecule has 1 aromatic carbocycles. The van der Waals surface area contributed by atoms with E-state index in [0.29, 0.717) is 17.7 Å². The number of rotatable bonds is 5. The van der Waals surface area contributed by atoms with E-state index in [1.165, 1.54) is 23.8 Å². The molecule has 0 aliphatic carbocycles. The summed E-state index contributed by atoms with van der Waals surface area (Å²) in [6.45, 7) is 4.38. The van der Waals surface area contributed by atoms with Crippen LogP contribution >= 0.6 is 11.3 Å². The normalized spacial score (nSPS) is 16.4. The van der Waals surface area contributed by atoms with Crippen LogP contribution in [-0.4, -0.2) is 30.4 Å². The van der Waals surface area contributed by atoms with E-state index >= 15 is 0 Å². The average molecular weight is 332 g/mol. The van der Waals surface area contributed by atoms with Crippen molar-refractivity contribution >= 4 is 17.2 Å². The zero-order valence-corrected chi connectivity index (χ0v) is 14.0. The number of thiophene rings is 1. The van der Waals surface area contributed by atoms with E-state index in [4.69, 9.17) is 0 Å². The zero-order chi connectivity index (χ0) is 16.2. The van der Waals surface area contributed by atoms with Crippen LogP contribution in [-0.2, 0) is 0 Å². The number of carbonyl (C=O) groups excluding carboxylic acids is 1. The largest absolute Gasteiger partial charge is 0.350 e. The summed E-state index contributed by atoms with van der Waals surface area (Å²) in [5.41, 5.74) is 0.925. The van der Waals surface area contributed by atoms with Gasteiger partial charge >= 0.3 is 0 Å². The Morgan fingerprint density at radius 3 is 2.78 bits per heavy atom. The number of hydrogen-bond acceptors (Lipinski definition) is 3. The number of hydrogen-bond donors (Lipinski definition) is 1. The Balaban J connectivity index is 1.68. The summed E-state index contributed by atoms with van der Waals surface area (Å²) in [4.78, 5) is 16.0. The van der Waals surface area contributed by atoms with Gasteiger partial charge in [-0.2, -0.15) is 0 Å². The molecule has 1 aliphatic heterocycles. The van der Waals surface area contributed by atoms with Gasteiger partial charge < -0.3 is 5.32 Å². The smallest absolute Gasteiger partial charge is 0.251 e. The molecule has 1 aliphatic rings. The molecule has 1 amide bonds. The predicted octanol–water partition coefficient (Wildman–Crippen LogP) is 3.76. The Bertz CT molecular complexity index is 666. The van der Waals surface area contributed by atoms with E-state index in [0.717, 1.165) is 13.1 Å². The van der Waals surface area contributed by atoms with Gasteiger partial charge in [0.25, 0.3) is 5.91 Å². The summed E-state index contributed by atoms with van der Waals surface area (Å²) in [6, 6.07) is 8.98. The summed E-state index contributed by atoms with van der Waals surface area (Å²) in [5, 5.41) is 5.04. The fourth-order valence-electron chi connectivity index (χ4n) is 2.97. The molecular weight excluding hydrogens is 311 g/mol. The summed E-state index contributed by atoms with van der Waals surface area (Å²) in [5.74, 6) is -0.559. The third-order valence-electron chi connectivity index (χ3n) is 4.34. The van der Waals surface area contributed by atoms with Crippen molar-refractivity contribution in [3.05, 3.63) is 57.5 Å². The molecule has 1 atom stereocenters. The van der Waals surface area contributed by atoms with Gasteiger partial charge in [-0.25, -0.2) is 4.39 Å². The average Bonchev–Trinajstić information content (AvgIpc) is 3.24. The van der Waals surface area contributed by atoms with Crippen LogP contribution in [0.5, 0.6) is 0 Å². The number of carbonyl (C=O) groups is 1. The van der Waals surface area contributed by atoms with Gasteiger partial charge in [-0.15, -0.1) is 11.3 Å². The molecule has 122 valence electrons. The molecule has 1 N–H and O–H groups in total. The van der Waals surface area contributed by atoms with Crippen LogP contribution in [0.4, 0.5) is 4.39 Å². The second-order valence-corrected chi connectivity index (χ2v) is 6.93. The predicted molar refractivity (Wildman–Crippen MR) is 91.3 cm³/mol. The van der Waals surface area contributed by atoms with Crippen molar-refractivity contribution in [1.29, 1.82) is 0 Å². The Morgan fingerprint density at radius 1 is 1.35 bits per heavy atom. The molecule has 1 fully saturated rings. The van der Waals surface area contributed by atoms with Crippen molar-refractivity contribution in [1.82, 2.24) is 10.2 Å². The molecule has 1 saturated heterocycles. The molecule has 1 unspecified atom stereocenters. The molecule has 2 heterocycles. The van der Waals surface area contributed by atoms with Crippen LogP contribution in [0.1, 0.15) is 39.7 Å². The van der Waals surface area contributed by atoms with Crippen molar-refractivity contribution in [2.45, 2.75) is 25.8 Å². The fourth-order valence-corrected chi connectivity index (χ4v) is 3.83. The van der Waals surface area contributed by atoms with Gasteiger partial charge in [-0.3, -0.25) is 9.69 Å². The van der Waals surface area contributed by atoms with Gasteiger partial charge in [-0.05, 0) is 62.0 Å². The zero-order valence-electron chi connectivity index (χ0n) is 13.2. The third kappa shape index (κ3) is 3.79. The van der Waals surface area contributed by atoms with Crippen LogP contribution in [0.15, 0.2) is 35.7 Å². The highest BCUT2D eigenvalue weighted by Gasteiger charge is 2.24. The van der Waals surface area contributed by atoms with Crippen LogP contribution < -0.4 is 5.32 Å². The fraction of sp³-hybridized carbons (Fsp3) is 0.389. The molecule has 23 heavy (non-hydrogen) atoms. The number of amides is 1. The first-order valence-electron chi connectivity index (χ1n) is 7.97. The van der Waals surface area contributed by atoms with Gasteiger partial charge in [0.15, 0.2) is 0 Å². The molecule has 0 saturated carbocycles. The van der Waals surface area contributed by atoms with E-state index < -0.39 is 0 Å². The first kappa shape index (κ1) is 16.1. The van der Waals surface area contributed by atoms with E-state index in [1.807, 2.05) is 6.07 Å². The third-order valence-corrected chi connectivity index (χ3v) is 5.32. The van der Waals surface area contributed by atoms with Gasteiger partial charge in [0.05, 0.1) is 6.04 Å². The van der Waals surface area contributed by atoms with Crippen LogP contribution in [0.2, 0.25) is 0 Å². The lowest BCUT2D eigenvalue weighted by Gasteiger charge is -2.27. The Kier molecular flexibility index (Phi) is 5.08. The highest BCUT2D eigenvalue weighted by Crippen LogP contribution is 2.27. The van der Waals surface area contributed by atoms with Crippen LogP contribution in [0.3, 0.4) is 0 Å². The lowest BCUT2D eigenvalue weighted by molar-refractivity contribution is 0.0938. The first-order valence-corrected chi connectivity index (χ1v) is 8.85. The summed E-state index contributed by atoms with van der Waals surface area (Å²) < 4.78 is 13.6. The number of benzene rings is 1. The molecule has 5 heteroatoms. The van der Waals surface area contributed by atoms with E-state index in [-0.39, 0.29) is 17.8 Å². The Labute approximate surface area is 140 Å². The number of aryl methyl sites for hydroxylation is 1. The number of halogens is 1. The summed E-state index contributed by atoms with van der Waals surface area (Å²) in [6.07, 6.45) is 2.41. The van der Waals surface area contributed by atoms with E-state index in [9.17, 15) is 9.18 Å². The van der Waals surface area contributed by atoms with Crippen molar-refractivity contribution < 1.29 is 9.18 Å². The highest BCUT2D eigenvalue weighted by atomic mass is 32.1. The quantitative estimate of drug-likeness (QED) is 0.904. The Hall–Kier alpha value is -1.72. The molecule has 0 bridgehead atoms. The molecule has 1 aromatic heterocycles. The Morgan fingerprint density at radius 2 is 2.13 bits per heavy atom. The maximum atomic E-state index is 13.6. The van der Waals surface area contributed by atoms with Gasteiger partial charge in [0, 0.05) is 17.0 Å². The van der Waals surface area contributed by atoms with Gasteiger partial charge in [0.1, 0.15) is 5.82 Å². The SMILES string of the molecule is Cc1ccc(C(=O)NCC(c2cccs2)N2CCCC2)cc1F. The lowest BCUT2D eigenvalue weighted by atomic mass is 10.1. The van der Waals surface area contributed by atoms with Crippen LogP contribution in [0.25, 0.3) is 0 Å². The second kappa shape index (κ2) is 7.23. The summed E-state index contributed by atoms with van der Waals surface area (Å²) in [7, 11) is 0. The minimum atomic E-state index is -0.341.